The molecule has 1 aromatic rings. The first-order valence-corrected chi connectivity index (χ1v) is 17.1. The van der Waals surface area contributed by atoms with E-state index in [0.29, 0.717) is 41.3 Å². The highest BCUT2D eigenvalue weighted by atomic mass is 17.1. The second-order valence-corrected chi connectivity index (χ2v) is 15.8. The average molecular weight is 569 g/mol. The van der Waals surface area contributed by atoms with Crippen molar-refractivity contribution in [2.75, 3.05) is 18.1 Å². The summed E-state index contributed by atoms with van der Waals surface area (Å²) in [5, 5.41) is 9.55. The first kappa shape index (κ1) is 31.1. The third-order valence-electron chi connectivity index (χ3n) is 13.1. The maximum Gasteiger partial charge on any atom is 0.120 e. The highest BCUT2D eigenvalue weighted by molar-refractivity contribution is 5.54. The lowest BCUT2D eigenvalue weighted by atomic mass is 9.44. The van der Waals surface area contributed by atoms with Crippen molar-refractivity contribution in [1.29, 1.82) is 0 Å². The molecule has 10 unspecified atom stereocenters. The van der Waals surface area contributed by atoms with Gasteiger partial charge in [-0.2, -0.15) is 0 Å². The van der Waals surface area contributed by atoms with Crippen molar-refractivity contribution < 1.29 is 14.9 Å². The van der Waals surface area contributed by atoms with Gasteiger partial charge in [-0.25, -0.2) is 4.89 Å². The molecule has 0 saturated heterocycles. The van der Waals surface area contributed by atoms with Crippen LogP contribution < -0.4 is 11.5 Å². The molecule has 4 fully saturated rings. The molecule has 5 heteroatoms. The van der Waals surface area contributed by atoms with E-state index in [1.807, 2.05) is 12.1 Å². The third-order valence-corrected chi connectivity index (χ3v) is 13.1. The summed E-state index contributed by atoms with van der Waals surface area (Å²) in [7, 11) is 0. The Kier molecular flexibility index (Phi) is 9.68. The molecule has 0 radical (unpaired) electrons. The Bertz CT molecular complexity index is 994. The Morgan fingerprint density at radius 3 is 2.27 bits per heavy atom. The smallest absolute Gasteiger partial charge is 0.120 e. The highest BCUT2D eigenvalue weighted by Gasteiger charge is 2.60. The van der Waals surface area contributed by atoms with E-state index in [4.69, 9.17) is 21.1 Å². The molecule has 5 rings (SSSR count). The van der Waals surface area contributed by atoms with Gasteiger partial charge in [0.25, 0.3) is 0 Å². The molecule has 5 N–H and O–H groups in total. The number of ether oxygens (including phenoxy) is 1. The van der Waals surface area contributed by atoms with Crippen LogP contribution in [-0.2, 0) is 9.62 Å². The molecule has 41 heavy (non-hydrogen) atoms. The zero-order valence-corrected chi connectivity index (χ0v) is 26.7. The second-order valence-electron chi connectivity index (χ2n) is 15.8. The van der Waals surface area contributed by atoms with E-state index >= 15 is 0 Å². The van der Waals surface area contributed by atoms with Gasteiger partial charge in [0, 0.05) is 24.4 Å². The molecular formula is C36H60N2O3. The number of benzene rings is 1. The van der Waals surface area contributed by atoms with Crippen molar-refractivity contribution in [2.45, 2.75) is 130 Å². The number of hydrogen-bond acceptors (Lipinski definition) is 5. The van der Waals surface area contributed by atoms with Crippen LogP contribution >= 0.6 is 0 Å². The average Bonchev–Trinajstić information content (AvgIpc) is 3.27. The fourth-order valence-corrected chi connectivity index (χ4v) is 10.9. The lowest BCUT2D eigenvalue weighted by Crippen LogP contribution is -2.54. The van der Waals surface area contributed by atoms with E-state index < -0.39 is 6.10 Å². The van der Waals surface area contributed by atoms with Gasteiger partial charge in [-0.05, 0) is 134 Å². The maximum atomic E-state index is 9.55. The Labute approximate surface area is 250 Å². The van der Waals surface area contributed by atoms with Crippen LogP contribution in [0.15, 0.2) is 18.2 Å². The molecule has 1 aromatic carbocycles. The monoisotopic (exact) mass is 568 g/mol. The second kappa shape index (κ2) is 12.7. The third kappa shape index (κ3) is 6.34. The summed E-state index contributed by atoms with van der Waals surface area (Å²) in [6.45, 7) is 13.3. The minimum atomic E-state index is -0.477. The molecule has 4 aliphatic carbocycles. The number of hydrogen-bond donors (Lipinski definition) is 3. The van der Waals surface area contributed by atoms with Crippen molar-refractivity contribution in [2.24, 2.45) is 52.3 Å². The molecule has 4 aliphatic rings. The topological polar surface area (TPSA) is 90.7 Å². The molecule has 0 bridgehead atoms. The molecule has 0 heterocycles. The fourth-order valence-electron chi connectivity index (χ4n) is 10.9. The van der Waals surface area contributed by atoms with Crippen molar-refractivity contribution in [3.05, 3.63) is 23.8 Å². The Morgan fingerprint density at radius 2 is 1.56 bits per heavy atom. The van der Waals surface area contributed by atoms with Gasteiger partial charge in [-0.15, -0.1) is 0 Å². The van der Waals surface area contributed by atoms with Crippen LogP contribution in [-0.4, -0.2) is 18.0 Å². The van der Waals surface area contributed by atoms with Crippen LogP contribution in [0.4, 0.5) is 11.4 Å². The predicted molar refractivity (Wildman–Crippen MR) is 169 cm³/mol. The van der Waals surface area contributed by atoms with Gasteiger partial charge in [0.15, 0.2) is 0 Å². The Morgan fingerprint density at radius 1 is 0.854 bits per heavy atom. The summed E-state index contributed by atoms with van der Waals surface area (Å²) >= 11 is 0. The quantitative estimate of drug-likeness (QED) is 0.141. The molecule has 10 atom stereocenters. The van der Waals surface area contributed by atoms with Gasteiger partial charge >= 0.3 is 0 Å². The largest absolute Gasteiger partial charge is 0.399 e. The summed E-state index contributed by atoms with van der Waals surface area (Å²) in [6.07, 6.45) is 17.0. The molecule has 0 aliphatic heterocycles. The molecule has 0 aromatic heterocycles. The van der Waals surface area contributed by atoms with Gasteiger partial charge in [0.05, 0.1) is 6.10 Å². The standard InChI is InChI=1S/C36H60N2O3/c1-23(2)7-6-8-24(3)31-11-12-32-30-10-9-26-21-29(13-16-35(26,4)33(30)14-17-36(31,32)5)40-18-15-34(41-39)25-19-27(37)22-28(38)20-25/h19-20,22-24,26,29-34,39H,6-18,21,37-38H2,1-5H3. The van der Waals surface area contributed by atoms with Crippen LogP contribution in [0.3, 0.4) is 0 Å². The number of nitrogen functional groups attached to an aromatic ring is 2. The van der Waals surface area contributed by atoms with Gasteiger partial charge in [0.2, 0.25) is 0 Å². The number of rotatable bonds is 11. The van der Waals surface area contributed by atoms with Crippen LogP contribution in [0.1, 0.15) is 130 Å². The van der Waals surface area contributed by atoms with Crippen LogP contribution in [0.5, 0.6) is 0 Å². The molecule has 232 valence electrons. The minimum absolute atomic E-state index is 0.311. The molecule has 5 nitrogen and oxygen atoms in total. The summed E-state index contributed by atoms with van der Waals surface area (Å²) < 4.78 is 6.45. The van der Waals surface area contributed by atoms with E-state index in [9.17, 15) is 5.26 Å². The van der Waals surface area contributed by atoms with Gasteiger partial charge in [0.1, 0.15) is 6.10 Å². The summed E-state index contributed by atoms with van der Waals surface area (Å²) in [6, 6.07) is 5.35. The van der Waals surface area contributed by atoms with E-state index in [1.54, 1.807) is 6.07 Å². The number of anilines is 2. The maximum absolute atomic E-state index is 9.55. The zero-order chi connectivity index (χ0) is 29.4. The Hall–Kier alpha value is -1.30. The number of nitrogens with two attached hydrogens (primary N) is 2. The molecule has 4 saturated carbocycles. The zero-order valence-electron chi connectivity index (χ0n) is 26.7. The molecule has 0 spiro atoms. The fraction of sp³-hybridized carbons (Fsp3) is 0.833. The molecule has 0 amide bonds. The Balaban J connectivity index is 1.15. The normalized spacial score (nSPS) is 38.2. The van der Waals surface area contributed by atoms with Crippen LogP contribution in [0.2, 0.25) is 0 Å². The SMILES string of the molecule is CC(C)CCCC(C)C1CCC2C3CCC4CC(OCCC(OO)c5cc(N)cc(N)c5)CCC4(C)C3CCC12C. The van der Waals surface area contributed by atoms with Crippen molar-refractivity contribution in [3.8, 4) is 0 Å². The van der Waals surface area contributed by atoms with E-state index in [1.165, 1.54) is 70.6 Å². The predicted octanol–water partition coefficient (Wildman–Crippen LogP) is 9.28. The minimum Gasteiger partial charge on any atom is -0.399 e. The van der Waals surface area contributed by atoms with Crippen molar-refractivity contribution in [1.82, 2.24) is 0 Å². The van der Waals surface area contributed by atoms with Crippen molar-refractivity contribution >= 4 is 11.4 Å². The van der Waals surface area contributed by atoms with Gasteiger partial charge in [-0.3, -0.25) is 5.26 Å². The van der Waals surface area contributed by atoms with Crippen molar-refractivity contribution in [3.63, 3.8) is 0 Å². The highest BCUT2D eigenvalue weighted by Crippen LogP contribution is 2.68. The number of fused-ring (bicyclic) bond motifs is 5. The lowest BCUT2D eigenvalue weighted by Gasteiger charge is -2.61. The summed E-state index contributed by atoms with van der Waals surface area (Å²) in [5.41, 5.74) is 14.9. The summed E-state index contributed by atoms with van der Waals surface area (Å²) in [5.74, 6) is 6.21. The van der Waals surface area contributed by atoms with Gasteiger partial charge in [-0.1, -0.05) is 53.9 Å². The van der Waals surface area contributed by atoms with Crippen LogP contribution in [0, 0.1) is 52.3 Å². The van der Waals surface area contributed by atoms with E-state index in [-0.39, 0.29) is 0 Å². The van der Waals surface area contributed by atoms with Crippen LogP contribution in [0.25, 0.3) is 0 Å². The lowest BCUT2D eigenvalue weighted by molar-refractivity contribution is -0.285. The van der Waals surface area contributed by atoms with Gasteiger partial charge < -0.3 is 16.2 Å². The first-order valence-electron chi connectivity index (χ1n) is 17.1. The van der Waals surface area contributed by atoms with E-state index in [2.05, 4.69) is 34.6 Å². The first-order chi connectivity index (χ1) is 19.5. The van der Waals surface area contributed by atoms with E-state index in [0.717, 1.165) is 53.4 Å². The summed E-state index contributed by atoms with van der Waals surface area (Å²) in [4.78, 5) is 4.80. The molecular weight excluding hydrogens is 508 g/mol.